The van der Waals surface area contributed by atoms with Crippen molar-refractivity contribution < 1.29 is 14.7 Å². The van der Waals surface area contributed by atoms with Crippen molar-refractivity contribution in [2.75, 3.05) is 0 Å². The van der Waals surface area contributed by atoms with E-state index in [0.717, 1.165) is 22.1 Å². The number of phenols is 1. The average Bonchev–Trinajstić information content (AvgIpc) is 2.95. The number of carbonyl (C=O) groups is 2. The van der Waals surface area contributed by atoms with E-state index < -0.39 is 17.3 Å². The Hall–Kier alpha value is -4.50. The highest BCUT2D eigenvalue weighted by molar-refractivity contribution is 6.31. The van der Waals surface area contributed by atoms with Gasteiger partial charge in [-0.3, -0.25) is 9.59 Å². The van der Waals surface area contributed by atoms with Crippen LogP contribution in [0.2, 0.25) is 0 Å². The van der Waals surface area contributed by atoms with E-state index in [4.69, 9.17) is 0 Å². The highest BCUT2D eigenvalue weighted by Crippen LogP contribution is 2.58. The van der Waals surface area contributed by atoms with Gasteiger partial charge in [0.15, 0.2) is 11.6 Å². The van der Waals surface area contributed by atoms with E-state index in [1.54, 1.807) is 6.08 Å². The lowest BCUT2D eigenvalue weighted by Gasteiger charge is -2.50. The molecule has 0 spiro atoms. The van der Waals surface area contributed by atoms with Gasteiger partial charge in [-0.05, 0) is 34.6 Å². The van der Waals surface area contributed by atoms with Gasteiger partial charge in [-0.15, -0.1) is 0 Å². The van der Waals surface area contributed by atoms with Crippen molar-refractivity contribution in [1.29, 1.82) is 0 Å². The number of benzene rings is 4. The van der Waals surface area contributed by atoms with Crippen molar-refractivity contribution in [1.82, 2.24) is 0 Å². The smallest absolute Gasteiger partial charge is 0.168 e. The zero-order chi connectivity index (χ0) is 25.6. The van der Waals surface area contributed by atoms with Crippen molar-refractivity contribution in [2.24, 2.45) is 5.92 Å². The molecule has 2 aliphatic carbocycles. The summed E-state index contributed by atoms with van der Waals surface area (Å²) in [6.07, 6.45) is 5.71. The second kappa shape index (κ2) is 8.86. The Bertz CT molecular complexity index is 1610. The Morgan fingerprint density at radius 2 is 1.51 bits per heavy atom. The number of hydrogen-bond acceptors (Lipinski definition) is 3. The molecule has 1 N–H and O–H groups in total. The Morgan fingerprint density at radius 1 is 0.838 bits per heavy atom. The predicted octanol–water partition coefficient (Wildman–Crippen LogP) is 6.93. The Kier molecular flexibility index (Phi) is 5.49. The summed E-state index contributed by atoms with van der Waals surface area (Å²) in [7, 11) is 0. The first-order valence-corrected chi connectivity index (χ1v) is 12.5. The number of hydrogen-bond donors (Lipinski definition) is 1. The second-order valence-corrected chi connectivity index (χ2v) is 9.74. The van der Waals surface area contributed by atoms with Crippen LogP contribution in [0.25, 0.3) is 16.3 Å². The van der Waals surface area contributed by atoms with Crippen LogP contribution in [-0.4, -0.2) is 16.7 Å². The van der Waals surface area contributed by atoms with Gasteiger partial charge in [0.05, 0.1) is 5.41 Å². The summed E-state index contributed by atoms with van der Waals surface area (Å²) in [4.78, 5) is 28.7. The molecule has 0 fully saturated rings. The van der Waals surface area contributed by atoms with Crippen LogP contribution in [0, 0.1) is 5.92 Å². The number of ketones is 2. The normalized spacial score (nSPS) is 23.2. The van der Waals surface area contributed by atoms with Crippen LogP contribution in [0.1, 0.15) is 29.0 Å². The topological polar surface area (TPSA) is 54.4 Å². The number of allylic oxidation sites excluding steroid dienone is 5. The molecular weight excluding hydrogens is 456 g/mol. The fraction of sp³-hybridized carbons (Fsp3) is 0.118. The molecule has 180 valence electrons. The van der Waals surface area contributed by atoms with Gasteiger partial charge >= 0.3 is 0 Å². The SMILES string of the molecule is C=CC1=CC[C@H]2C(=O)C(c3ccccc3)=CC(=O)[C@@]2(c2ccccc2)[C@H]1c1ccc2ccccc2c1O. The quantitative estimate of drug-likeness (QED) is 0.343. The third-order valence-electron chi connectivity index (χ3n) is 8.01. The standard InChI is InChI=1S/C34H26O3/c1-2-22-18-20-29-33(37)28(23-11-5-3-6-12-23)21-30(35)34(29,25-14-7-4-8-15-25)31(22)27-19-17-24-13-9-10-16-26(24)32(27)36/h2-19,21,29,31,36H,1,20H2/t29-,31+,34-/m0/s1. The molecule has 0 bridgehead atoms. The minimum Gasteiger partial charge on any atom is -0.507 e. The minimum absolute atomic E-state index is 0.0562. The van der Waals surface area contributed by atoms with Gasteiger partial charge in [-0.1, -0.05) is 116 Å². The molecule has 37 heavy (non-hydrogen) atoms. The summed E-state index contributed by atoms with van der Waals surface area (Å²) in [5.41, 5.74) is 2.20. The molecule has 0 amide bonds. The van der Waals surface area contributed by atoms with Crippen LogP contribution in [0.15, 0.2) is 127 Å². The van der Waals surface area contributed by atoms with E-state index in [0.29, 0.717) is 22.9 Å². The summed E-state index contributed by atoms with van der Waals surface area (Å²) < 4.78 is 0. The van der Waals surface area contributed by atoms with Crippen molar-refractivity contribution >= 4 is 27.9 Å². The number of Topliss-reactive ketones (excluding diaryl/α,β-unsaturated/α-hetero) is 1. The minimum atomic E-state index is -1.21. The molecule has 3 atom stereocenters. The van der Waals surface area contributed by atoms with E-state index in [1.165, 1.54) is 6.08 Å². The Balaban J connectivity index is 1.67. The first kappa shape index (κ1) is 22.9. The largest absolute Gasteiger partial charge is 0.507 e. The first-order valence-electron chi connectivity index (χ1n) is 12.5. The van der Waals surface area contributed by atoms with Gasteiger partial charge < -0.3 is 5.11 Å². The number of aromatic hydroxyl groups is 1. The van der Waals surface area contributed by atoms with Gasteiger partial charge in [0.25, 0.3) is 0 Å². The molecule has 0 unspecified atom stereocenters. The number of carbonyl (C=O) groups excluding carboxylic acids is 2. The molecule has 4 aromatic rings. The maximum atomic E-state index is 14.5. The van der Waals surface area contributed by atoms with E-state index in [2.05, 4.69) is 6.58 Å². The summed E-state index contributed by atoms with van der Waals surface area (Å²) in [6.45, 7) is 4.06. The van der Waals surface area contributed by atoms with Crippen LogP contribution in [0.5, 0.6) is 5.75 Å². The van der Waals surface area contributed by atoms with Gasteiger partial charge in [0, 0.05) is 28.4 Å². The molecule has 0 heterocycles. The first-order chi connectivity index (χ1) is 18.1. The second-order valence-electron chi connectivity index (χ2n) is 9.74. The van der Waals surface area contributed by atoms with Crippen molar-refractivity contribution in [3.8, 4) is 5.75 Å². The molecule has 0 saturated carbocycles. The van der Waals surface area contributed by atoms with E-state index >= 15 is 0 Å². The zero-order valence-corrected chi connectivity index (χ0v) is 20.3. The number of rotatable bonds is 4. The third-order valence-corrected chi connectivity index (χ3v) is 8.01. The molecule has 0 aliphatic heterocycles. The van der Waals surface area contributed by atoms with Crippen molar-refractivity contribution in [3.05, 3.63) is 144 Å². The predicted molar refractivity (Wildman–Crippen MR) is 147 cm³/mol. The number of fused-ring (bicyclic) bond motifs is 2. The third kappa shape index (κ3) is 3.35. The van der Waals surface area contributed by atoms with Gasteiger partial charge in [0.2, 0.25) is 0 Å². The van der Waals surface area contributed by atoms with Crippen LogP contribution in [-0.2, 0) is 15.0 Å². The average molecular weight is 483 g/mol. The van der Waals surface area contributed by atoms with Crippen molar-refractivity contribution in [2.45, 2.75) is 17.8 Å². The molecule has 6 rings (SSSR count). The molecule has 3 heteroatoms. The van der Waals surface area contributed by atoms with E-state index in [1.807, 2.05) is 103 Å². The summed E-state index contributed by atoms with van der Waals surface area (Å²) in [5, 5.41) is 13.2. The summed E-state index contributed by atoms with van der Waals surface area (Å²) >= 11 is 0. The lowest BCUT2D eigenvalue weighted by atomic mass is 9.50. The van der Waals surface area contributed by atoms with Crippen LogP contribution < -0.4 is 0 Å². The van der Waals surface area contributed by atoms with Gasteiger partial charge in [-0.2, -0.15) is 0 Å². The highest BCUT2D eigenvalue weighted by atomic mass is 16.3. The van der Waals surface area contributed by atoms with Crippen molar-refractivity contribution in [3.63, 3.8) is 0 Å². The fourth-order valence-electron chi connectivity index (χ4n) is 6.36. The molecule has 0 saturated heterocycles. The monoisotopic (exact) mass is 482 g/mol. The molecular formula is C34H26O3. The lowest BCUT2D eigenvalue weighted by Crippen LogP contribution is -2.54. The molecule has 0 aromatic heterocycles. The summed E-state index contributed by atoms with van der Waals surface area (Å²) in [5.74, 6) is -1.26. The van der Waals surface area contributed by atoms with Crippen LogP contribution in [0.4, 0.5) is 0 Å². The van der Waals surface area contributed by atoms with Gasteiger partial charge in [0.1, 0.15) is 5.75 Å². The number of phenolic OH excluding ortho intramolecular Hbond substituents is 1. The van der Waals surface area contributed by atoms with Crippen LogP contribution in [0.3, 0.4) is 0 Å². The molecule has 3 nitrogen and oxygen atoms in total. The van der Waals surface area contributed by atoms with E-state index in [-0.39, 0.29) is 17.3 Å². The maximum Gasteiger partial charge on any atom is 0.168 e. The fourth-order valence-corrected chi connectivity index (χ4v) is 6.36. The van der Waals surface area contributed by atoms with Gasteiger partial charge in [-0.25, -0.2) is 0 Å². The Labute approximate surface area is 216 Å². The summed E-state index contributed by atoms with van der Waals surface area (Å²) in [6, 6.07) is 30.4. The maximum absolute atomic E-state index is 14.5. The Morgan fingerprint density at radius 3 is 2.24 bits per heavy atom. The van der Waals surface area contributed by atoms with Crippen LogP contribution >= 0.6 is 0 Å². The molecule has 4 aromatic carbocycles. The molecule has 2 aliphatic rings. The molecule has 0 radical (unpaired) electrons. The van der Waals surface area contributed by atoms with E-state index in [9.17, 15) is 14.7 Å². The zero-order valence-electron chi connectivity index (χ0n) is 20.3. The lowest BCUT2D eigenvalue weighted by molar-refractivity contribution is -0.131. The highest BCUT2D eigenvalue weighted by Gasteiger charge is 2.59.